The fourth-order valence-corrected chi connectivity index (χ4v) is 2.67. The van der Waals surface area contributed by atoms with Gasteiger partial charge in [-0.15, -0.1) is 11.6 Å². The maximum absolute atomic E-state index is 12.4. The molecular formula is C17H16ClNO2. The van der Waals surface area contributed by atoms with Crippen LogP contribution < -0.4 is 10.1 Å². The van der Waals surface area contributed by atoms with Crippen LogP contribution in [0.1, 0.15) is 33.8 Å². The van der Waals surface area contributed by atoms with Crippen LogP contribution in [0.2, 0.25) is 0 Å². The minimum atomic E-state index is -0.157. The minimum Gasteiger partial charge on any atom is -0.493 e. The number of benzene rings is 2. The molecule has 108 valence electrons. The number of hydrogen-bond acceptors (Lipinski definition) is 2. The molecule has 0 fully saturated rings. The van der Waals surface area contributed by atoms with Crippen molar-refractivity contribution < 1.29 is 9.53 Å². The van der Waals surface area contributed by atoms with E-state index in [0.717, 1.165) is 29.0 Å². The van der Waals surface area contributed by atoms with E-state index < -0.39 is 0 Å². The van der Waals surface area contributed by atoms with Gasteiger partial charge >= 0.3 is 0 Å². The molecule has 3 rings (SSSR count). The Bertz CT molecular complexity index is 682. The Hall–Kier alpha value is -2.00. The highest BCUT2D eigenvalue weighted by Gasteiger charge is 2.16. The molecule has 4 heteroatoms. The highest BCUT2D eigenvalue weighted by Crippen LogP contribution is 2.29. The molecule has 0 radical (unpaired) electrons. The van der Waals surface area contributed by atoms with Crippen LogP contribution in [0.5, 0.6) is 5.75 Å². The average Bonchev–Trinajstić information content (AvgIpc) is 2.94. The van der Waals surface area contributed by atoms with E-state index in [1.807, 2.05) is 43.3 Å². The molecule has 0 saturated carbocycles. The molecule has 1 unspecified atom stereocenters. The molecule has 21 heavy (non-hydrogen) atoms. The predicted octanol–water partition coefficient (Wildman–Crippen LogP) is 4.17. The summed E-state index contributed by atoms with van der Waals surface area (Å²) >= 11 is 6.15. The molecule has 1 N–H and O–H groups in total. The molecule has 1 atom stereocenters. The molecule has 3 nitrogen and oxygen atoms in total. The van der Waals surface area contributed by atoms with Gasteiger partial charge in [-0.2, -0.15) is 0 Å². The zero-order valence-electron chi connectivity index (χ0n) is 11.7. The van der Waals surface area contributed by atoms with E-state index in [2.05, 4.69) is 5.32 Å². The number of hydrogen-bond donors (Lipinski definition) is 1. The van der Waals surface area contributed by atoms with Crippen molar-refractivity contribution in [3.8, 4) is 5.75 Å². The van der Waals surface area contributed by atoms with E-state index in [4.69, 9.17) is 16.3 Å². The van der Waals surface area contributed by atoms with Crippen LogP contribution in [0, 0.1) is 0 Å². The first-order valence-electron chi connectivity index (χ1n) is 6.95. The Morgan fingerprint density at radius 1 is 1.29 bits per heavy atom. The van der Waals surface area contributed by atoms with E-state index in [0.29, 0.717) is 12.2 Å². The van der Waals surface area contributed by atoms with Gasteiger partial charge in [0, 0.05) is 17.7 Å². The number of ether oxygens (including phenoxy) is 1. The first-order chi connectivity index (χ1) is 10.1. The van der Waals surface area contributed by atoms with Crippen LogP contribution in [-0.4, -0.2) is 12.5 Å². The van der Waals surface area contributed by atoms with Gasteiger partial charge in [-0.1, -0.05) is 18.2 Å². The third-order valence-corrected chi connectivity index (χ3v) is 3.82. The summed E-state index contributed by atoms with van der Waals surface area (Å²) in [7, 11) is 0. The molecule has 1 amide bonds. The van der Waals surface area contributed by atoms with Gasteiger partial charge in [0.2, 0.25) is 0 Å². The van der Waals surface area contributed by atoms with Crippen LogP contribution in [0.3, 0.4) is 0 Å². The summed E-state index contributed by atoms with van der Waals surface area (Å²) in [5.41, 5.74) is 3.39. The van der Waals surface area contributed by atoms with Crippen LogP contribution in [-0.2, 0) is 6.42 Å². The largest absolute Gasteiger partial charge is 0.493 e. The summed E-state index contributed by atoms with van der Waals surface area (Å²) in [6, 6.07) is 13.1. The Morgan fingerprint density at radius 3 is 2.90 bits per heavy atom. The normalized spacial score (nSPS) is 14.2. The van der Waals surface area contributed by atoms with E-state index in [1.165, 1.54) is 0 Å². The van der Waals surface area contributed by atoms with Crippen LogP contribution in [0.4, 0.5) is 5.69 Å². The zero-order chi connectivity index (χ0) is 14.8. The second-order valence-corrected chi connectivity index (χ2v) is 5.73. The lowest BCUT2D eigenvalue weighted by atomic mass is 10.1. The topological polar surface area (TPSA) is 38.3 Å². The van der Waals surface area contributed by atoms with Crippen molar-refractivity contribution in [3.63, 3.8) is 0 Å². The summed E-state index contributed by atoms with van der Waals surface area (Å²) in [5.74, 6) is 0.746. The second-order valence-electron chi connectivity index (χ2n) is 5.08. The first kappa shape index (κ1) is 14.0. The highest BCUT2D eigenvalue weighted by atomic mass is 35.5. The predicted molar refractivity (Wildman–Crippen MR) is 84.3 cm³/mol. The van der Waals surface area contributed by atoms with Gasteiger partial charge < -0.3 is 10.1 Å². The van der Waals surface area contributed by atoms with E-state index in [9.17, 15) is 4.79 Å². The number of rotatable bonds is 3. The lowest BCUT2D eigenvalue weighted by molar-refractivity contribution is 0.102. The third kappa shape index (κ3) is 2.88. The zero-order valence-corrected chi connectivity index (χ0v) is 12.5. The van der Waals surface area contributed by atoms with Gasteiger partial charge in [0.1, 0.15) is 5.75 Å². The number of alkyl halides is 1. The molecule has 0 saturated heterocycles. The Kier molecular flexibility index (Phi) is 3.84. The summed E-state index contributed by atoms with van der Waals surface area (Å²) in [5, 5.41) is 2.78. The van der Waals surface area contributed by atoms with Gasteiger partial charge in [-0.3, -0.25) is 4.79 Å². The SMILES string of the molecule is CC(Cl)c1ccccc1NC(=O)c1ccc2c(c1)CCO2. The summed E-state index contributed by atoms with van der Waals surface area (Å²) < 4.78 is 5.45. The molecule has 2 aromatic rings. The molecule has 0 aromatic heterocycles. The molecule has 0 bridgehead atoms. The number of fused-ring (bicyclic) bond motifs is 1. The van der Waals surface area contributed by atoms with Crippen molar-refractivity contribution in [1.29, 1.82) is 0 Å². The second kappa shape index (κ2) is 5.78. The molecule has 0 spiro atoms. The van der Waals surface area contributed by atoms with Gasteiger partial charge in [0.25, 0.3) is 5.91 Å². The number of anilines is 1. The Labute approximate surface area is 128 Å². The molecule has 2 aromatic carbocycles. The summed E-state index contributed by atoms with van der Waals surface area (Å²) in [6.07, 6.45) is 0.853. The monoisotopic (exact) mass is 301 g/mol. The number of carbonyl (C=O) groups is 1. The lowest BCUT2D eigenvalue weighted by Crippen LogP contribution is -2.13. The van der Waals surface area contributed by atoms with Gasteiger partial charge in [-0.05, 0) is 42.3 Å². The third-order valence-electron chi connectivity index (χ3n) is 3.59. The maximum Gasteiger partial charge on any atom is 0.255 e. The van der Waals surface area contributed by atoms with Crippen molar-refractivity contribution in [1.82, 2.24) is 0 Å². The van der Waals surface area contributed by atoms with E-state index in [-0.39, 0.29) is 11.3 Å². The number of nitrogens with one attached hydrogen (secondary N) is 1. The van der Waals surface area contributed by atoms with Crippen LogP contribution in [0.15, 0.2) is 42.5 Å². The summed E-state index contributed by atoms with van der Waals surface area (Å²) in [6.45, 7) is 2.58. The molecular weight excluding hydrogens is 286 g/mol. The first-order valence-corrected chi connectivity index (χ1v) is 7.39. The fourth-order valence-electron chi connectivity index (χ4n) is 2.48. The van der Waals surface area contributed by atoms with E-state index in [1.54, 1.807) is 6.07 Å². The number of carbonyl (C=O) groups excluding carboxylic acids is 1. The van der Waals surface area contributed by atoms with Gasteiger partial charge in [-0.25, -0.2) is 0 Å². The number of halogens is 1. The maximum atomic E-state index is 12.4. The van der Waals surface area contributed by atoms with Crippen molar-refractivity contribution in [2.45, 2.75) is 18.7 Å². The Balaban J connectivity index is 1.84. The fraction of sp³-hybridized carbons (Fsp3) is 0.235. The van der Waals surface area contributed by atoms with Crippen molar-refractivity contribution in [2.75, 3.05) is 11.9 Å². The molecule has 1 aliphatic heterocycles. The molecule has 1 aliphatic rings. The quantitative estimate of drug-likeness (QED) is 0.864. The van der Waals surface area contributed by atoms with E-state index >= 15 is 0 Å². The lowest BCUT2D eigenvalue weighted by Gasteiger charge is -2.12. The Morgan fingerprint density at radius 2 is 2.10 bits per heavy atom. The average molecular weight is 302 g/mol. The highest BCUT2D eigenvalue weighted by molar-refractivity contribution is 6.21. The van der Waals surface area contributed by atoms with Gasteiger partial charge in [0.05, 0.1) is 12.0 Å². The summed E-state index contributed by atoms with van der Waals surface area (Å²) in [4.78, 5) is 12.4. The number of para-hydroxylation sites is 1. The standard InChI is InChI=1S/C17H16ClNO2/c1-11(18)14-4-2-3-5-15(14)19-17(20)13-6-7-16-12(10-13)8-9-21-16/h2-7,10-11H,8-9H2,1H3,(H,19,20). The molecule has 0 aliphatic carbocycles. The number of amides is 1. The van der Waals surface area contributed by atoms with Crippen molar-refractivity contribution >= 4 is 23.2 Å². The van der Waals surface area contributed by atoms with Gasteiger partial charge in [0.15, 0.2) is 0 Å². The van der Waals surface area contributed by atoms with Crippen molar-refractivity contribution in [3.05, 3.63) is 59.2 Å². The minimum absolute atomic E-state index is 0.130. The van der Waals surface area contributed by atoms with Crippen LogP contribution >= 0.6 is 11.6 Å². The molecule has 1 heterocycles. The van der Waals surface area contributed by atoms with Crippen molar-refractivity contribution in [2.24, 2.45) is 0 Å². The smallest absolute Gasteiger partial charge is 0.255 e. The van der Waals surface area contributed by atoms with Crippen LogP contribution in [0.25, 0.3) is 0 Å².